The van der Waals surface area contributed by atoms with Crippen molar-refractivity contribution in [3.63, 3.8) is 0 Å². The molecule has 0 saturated heterocycles. The van der Waals surface area contributed by atoms with E-state index in [0.29, 0.717) is 6.29 Å². The molecule has 0 aliphatic carbocycles. The van der Waals surface area contributed by atoms with Gasteiger partial charge >= 0.3 is 0 Å². The molecule has 0 aromatic carbocycles. The van der Waals surface area contributed by atoms with Crippen LogP contribution in [0.5, 0.6) is 0 Å². The summed E-state index contributed by atoms with van der Waals surface area (Å²) in [5.74, 6) is -0.396. The molecule has 0 radical (unpaired) electrons. The third-order valence-corrected chi connectivity index (χ3v) is 1.83. The van der Waals surface area contributed by atoms with E-state index in [1.165, 1.54) is 30.9 Å². The Balaban J connectivity index is 2.38. The summed E-state index contributed by atoms with van der Waals surface area (Å²) in [6, 6.07) is 2.91. The normalized spacial score (nSPS) is 9.75. The Hall–Kier alpha value is -2.50. The molecule has 6 heteroatoms. The summed E-state index contributed by atoms with van der Waals surface area (Å²) in [5.41, 5.74) is 0.362. The number of rotatable bonds is 3. The minimum atomic E-state index is -0.368. The van der Waals surface area contributed by atoms with Crippen molar-refractivity contribution in [2.45, 2.75) is 0 Å². The van der Waals surface area contributed by atoms with Crippen molar-refractivity contribution in [2.75, 3.05) is 0 Å². The van der Waals surface area contributed by atoms with Gasteiger partial charge in [-0.15, -0.1) is 0 Å². The molecule has 2 aromatic rings. The second kappa shape index (κ2) is 4.35. The molecule has 0 N–H and O–H groups in total. The lowest BCUT2D eigenvalue weighted by Crippen LogP contribution is -2.08. The molecule has 2 aromatic heterocycles. The molecule has 78 valence electrons. The molecular weight excluding hydrogens is 208 g/mol. The number of carbonyl (C=O) groups is 2. The topological polar surface area (TPSA) is 85.7 Å². The lowest BCUT2D eigenvalue weighted by Gasteiger charge is -1.98. The highest BCUT2D eigenvalue weighted by atomic mass is 16.1. The first-order valence-electron chi connectivity index (χ1n) is 4.40. The van der Waals surface area contributed by atoms with E-state index in [0.717, 1.165) is 0 Å². The summed E-state index contributed by atoms with van der Waals surface area (Å²) >= 11 is 0. The SMILES string of the molecule is O=Cc1nccc(C(=O)c2ccncn2)n1. The maximum absolute atomic E-state index is 11.8. The Morgan fingerprint density at radius 1 is 1.12 bits per heavy atom. The molecule has 0 amide bonds. The number of hydrogen-bond acceptors (Lipinski definition) is 6. The summed E-state index contributed by atoms with van der Waals surface area (Å²) in [6.07, 6.45) is 4.57. The zero-order chi connectivity index (χ0) is 11.4. The summed E-state index contributed by atoms with van der Waals surface area (Å²) in [4.78, 5) is 37.2. The Labute approximate surface area is 90.4 Å². The van der Waals surface area contributed by atoms with Crippen LogP contribution in [0.4, 0.5) is 0 Å². The first-order chi connectivity index (χ1) is 7.81. The van der Waals surface area contributed by atoms with E-state index in [9.17, 15) is 9.59 Å². The Bertz CT molecular complexity index is 527. The van der Waals surface area contributed by atoms with Crippen LogP contribution in [0.1, 0.15) is 26.8 Å². The number of ketones is 1. The number of nitrogens with zero attached hydrogens (tertiary/aromatic N) is 4. The van der Waals surface area contributed by atoms with E-state index in [4.69, 9.17) is 0 Å². The number of carbonyl (C=O) groups excluding carboxylic acids is 2. The zero-order valence-electron chi connectivity index (χ0n) is 8.07. The standard InChI is InChI=1S/C10H6N4O2/c15-5-9-12-4-2-8(14-9)10(16)7-1-3-11-6-13-7/h1-6H. The minimum Gasteiger partial charge on any atom is -0.294 e. The minimum absolute atomic E-state index is 0.0279. The third kappa shape index (κ3) is 1.95. The second-order valence-electron chi connectivity index (χ2n) is 2.84. The van der Waals surface area contributed by atoms with Gasteiger partial charge in [-0.3, -0.25) is 9.59 Å². The summed E-state index contributed by atoms with van der Waals surface area (Å²) in [5, 5.41) is 0. The quantitative estimate of drug-likeness (QED) is 0.540. The molecule has 0 atom stereocenters. The highest BCUT2D eigenvalue weighted by Gasteiger charge is 2.12. The Morgan fingerprint density at radius 2 is 1.94 bits per heavy atom. The smallest absolute Gasteiger partial charge is 0.229 e. The van der Waals surface area contributed by atoms with E-state index in [1.807, 2.05) is 0 Å². The average Bonchev–Trinajstić information content (AvgIpc) is 2.39. The first kappa shape index (κ1) is 10.0. The molecule has 0 unspecified atom stereocenters. The van der Waals surface area contributed by atoms with Gasteiger partial charge in [0.05, 0.1) is 0 Å². The second-order valence-corrected chi connectivity index (χ2v) is 2.84. The van der Waals surface area contributed by atoms with Crippen molar-refractivity contribution in [3.8, 4) is 0 Å². The van der Waals surface area contributed by atoms with Crippen LogP contribution >= 0.6 is 0 Å². The Kier molecular flexibility index (Phi) is 2.73. The van der Waals surface area contributed by atoms with Crippen LogP contribution in [-0.2, 0) is 0 Å². The van der Waals surface area contributed by atoms with Gasteiger partial charge in [-0.2, -0.15) is 0 Å². The van der Waals surface area contributed by atoms with Gasteiger partial charge in [0.25, 0.3) is 0 Å². The van der Waals surface area contributed by atoms with Crippen LogP contribution in [0.3, 0.4) is 0 Å². The van der Waals surface area contributed by atoms with Gasteiger partial charge < -0.3 is 0 Å². The number of hydrogen-bond donors (Lipinski definition) is 0. The van der Waals surface area contributed by atoms with Crippen molar-refractivity contribution in [3.05, 3.63) is 48.1 Å². The average molecular weight is 214 g/mol. The monoisotopic (exact) mass is 214 g/mol. The number of aldehydes is 1. The molecule has 0 fully saturated rings. The predicted molar refractivity (Wildman–Crippen MR) is 52.9 cm³/mol. The maximum Gasteiger partial charge on any atom is 0.229 e. The van der Waals surface area contributed by atoms with Crippen LogP contribution in [0.25, 0.3) is 0 Å². The van der Waals surface area contributed by atoms with E-state index in [-0.39, 0.29) is 23.0 Å². The van der Waals surface area contributed by atoms with Crippen LogP contribution in [-0.4, -0.2) is 32.0 Å². The van der Waals surface area contributed by atoms with Crippen molar-refractivity contribution < 1.29 is 9.59 Å². The number of aromatic nitrogens is 4. The fourth-order valence-electron chi connectivity index (χ4n) is 1.11. The van der Waals surface area contributed by atoms with Crippen LogP contribution in [0.15, 0.2) is 30.9 Å². The highest BCUT2D eigenvalue weighted by molar-refractivity contribution is 6.06. The first-order valence-corrected chi connectivity index (χ1v) is 4.40. The Morgan fingerprint density at radius 3 is 2.62 bits per heavy atom. The van der Waals surface area contributed by atoms with E-state index in [2.05, 4.69) is 19.9 Å². The molecule has 6 nitrogen and oxygen atoms in total. The van der Waals surface area contributed by atoms with Crippen LogP contribution in [0, 0.1) is 0 Å². The molecule has 16 heavy (non-hydrogen) atoms. The van der Waals surface area contributed by atoms with Crippen LogP contribution in [0.2, 0.25) is 0 Å². The summed E-state index contributed by atoms with van der Waals surface area (Å²) < 4.78 is 0. The molecular formula is C10H6N4O2. The van der Waals surface area contributed by atoms with Gasteiger partial charge in [0, 0.05) is 12.4 Å². The van der Waals surface area contributed by atoms with Crippen molar-refractivity contribution in [1.29, 1.82) is 0 Å². The fourth-order valence-corrected chi connectivity index (χ4v) is 1.11. The van der Waals surface area contributed by atoms with E-state index < -0.39 is 0 Å². The van der Waals surface area contributed by atoms with Crippen LogP contribution < -0.4 is 0 Å². The van der Waals surface area contributed by atoms with E-state index >= 15 is 0 Å². The lowest BCUT2D eigenvalue weighted by atomic mass is 10.2. The third-order valence-electron chi connectivity index (χ3n) is 1.83. The zero-order valence-corrected chi connectivity index (χ0v) is 8.07. The van der Waals surface area contributed by atoms with Gasteiger partial charge in [-0.05, 0) is 12.1 Å². The van der Waals surface area contributed by atoms with Gasteiger partial charge in [-0.1, -0.05) is 0 Å². The van der Waals surface area contributed by atoms with Gasteiger partial charge in [0.15, 0.2) is 12.1 Å². The molecule has 0 spiro atoms. The molecule has 0 aliphatic heterocycles. The maximum atomic E-state index is 11.8. The van der Waals surface area contributed by atoms with E-state index in [1.54, 1.807) is 0 Å². The molecule has 2 heterocycles. The van der Waals surface area contributed by atoms with Gasteiger partial charge in [0.2, 0.25) is 5.78 Å². The van der Waals surface area contributed by atoms with Crippen molar-refractivity contribution >= 4 is 12.1 Å². The molecule has 0 aliphatic rings. The summed E-state index contributed by atoms with van der Waals surface area (Å²) in [6.45, 7) is 0. The van der Waals surface area contributed by atoms with Crippen molar-refractivity contribution in [1.82, 2.24) is 19.9 Å². The molecule has 2 rings (SSSR count). The molecule has 0 saturated carbocycles. The van der Waals surface area contributed by atoms with Gasteiger partial charge in [-0.25, -0.2) is 19.9 Å². The highest BCUT2D eigenvalue weighted by Crippen LogP contribution is 2.03. The van der Waals surface area contributed by atoms with Crippen molar-refractivity contribution in [2.24, 2.45) is 0 Å². The fraction of sp³-hybridized carbons (Fsp3) is 0. The lowest BCUT2D eigenvalue weighted by molar-refractivity contribution is 0.102. The van der Waals surface area contributed by atoms with Gasteiger partial charge in [0.1, 0.15) is 17.7 Å². The largest absolute Gasteiger partial charge is 0.294 e. The predicted octanol–water partition coefficient (Wildman–Crippen LogP) is 0.310. The molecule has 0 bridgehead atoms. The summed E-state index contributed by atoms with van der Waals surface area (Å²) in [7, 11) is 0.